The first kappa shape index (κ1) is 12.9. The summed E-state index contributed by atoms with van der Waals surface area (Å²) in [6, 6.07) is 0. The van der Waals surface area contributed by atoms with Gasteiger partial charge in [0.05, 0.1) is 11.7 Å². The van der Waals surface area contributed by atoms with Crippen molar-refractivity contribution >= 4 is 11.9 Å². The molecule has 0 saturated heterocycles. The summed E-state index contributed by atoms with van der Waals surface area (Å²) in [5.41, 5.74) is -0.393. The first-order valence-electron chi connectivity index (χ1n) is 7.71. The van der Waals surface area contributed by atoms with Gasteiger partial charge in [0.15, 0.2) is 0 Å². The Balaban J connectivity index is 1.50. The molecule has 1 heterocycles. The number of nitrogens with zero attached hydrogens (tertiary/aromatic N) is 1. The maximum Gasteiger partial charge on any atom is 0.353 e. The molecule has 3 fully saturated rings. The third-order valence-electron chi connectivity index (χ3n) is 5.54. The van der Waals surface area contributed by atoms with Gasteiger partial charge in [0.2, 0.25) is 5.91 Å². The second-order valence-corrected chi connectivity index (χ2v) is 6.66. The van der Waals surface area contributed by atoms with Gasteiger partial charge in [-0.05, 0) is 43.9 Å². The molecule has 0 radical (unpaired) electrons. The Morgan fingerprint density at radius 1 is 1.29 bits per heavy atom. The molecule has 1 amide bonds. The highest BCUT2D eigenvalue weighted by atomic mass is 16.4. The van der Waals surface area contributed by atoms with Crippen LogP contribution < -0.4 is 5.32 Å². The lowest BCUT2D eigenvalue weighted by Gasteiger charge is -2.41. The van der Waals surface area contributed by atoms with E-state index in [1.165, 1.54) is 25.5 Å². The SMILES string of the molecule is O=C(O)c1cnc(C2(NC(=O)C3C4CCCC43)CCC2)[nH]1. The molecule has 2 unspecified atom stereocenters. The molecular formula is C15H19N3O3. The van der Waals surface area contributed by atoms with E-state index in [0.29, 0.717) is 17.7 Å². The molecular weight excluding hydrogens is 270 g/mol. The molecule has 0 bridgehead atoms. The van der Waals surface area contributed by atoms with Gasteiger partial charge >= 0.3 is 5.97 Å². The van der Waals surface area contributed by atoms with Crippen LogP contribution in [0.3, 0.4) is 0 Å². The average molecular weight is 289 g/mol. The first-order chi connectivity index (χ1) is 10.1. The summed E-state index contributed by atoms with van der Waals surface area (Å²) in [6.45, 7) is 0. The summed E-state index contributed by atoms with van der Waals surface area (Å²) in [6.07, 6.45) is 7.63. The minimum Gasteiger partial charge on any atom is -0.477 e. The maximum absolute atomic E-state index is 12.5. The van der Waals surface area contributed by atoms with Crippen molar-refractivity contribution in [3.8, 4) is 0 Å². The highest BCUT2D eigenvalue weighted by molar-refractivity contribution is 5.85. The van der Waals surface area contributed by atoms with Crippen LogP contribution in [-0.4, -0.2) is 27.0 Å². The molecule has 3 saturated carbocycles. The van der Waals surface area contributed by atoms with E-state index in [-0.39, 0.29) is 17.5 Å². The number of rotatable bonds is 4. The van der Waals surface area contributed by atoms with Crippen molar-refractivity contribution < 1.29 is 14.7 Å². The molecule has 1 aromatic rings. The van der Waals surface area contributed by atoms with Crippen LogP contribution in [0.25, 0.3) is 0 Å². The maximum atomic E-state index is 12.5. The van der Waals surface area contributed by atoms with E-state index in [2.05, 4.69) is 15.3 Å². The third kappa shape index (κ3) is 1.88. The molecule has 112 valence electrons. The lowest BCUT2D eigenvalue weighted by molar-refractivity contribution is -0.126. The quantitative estimate of drug-likeness (QED) is 0.785. The van der Waals surface area contributed by atoms with Crippen molar-refractivity contribution in [1.29, 1.82) is 0 Å². The van der Waals surface area contributed by atoms with Gasteiger partial charge in [0, 0.05) is 5.92 Å². The number of hydrogen-bond donors (Lipinski definition) is 3. The summed E-state index contributed by atoms with van der Waals surface area (Å²) >= 11 is 0. The molecule has 1 aromatic heterocycles. The number of hydrogen-bond acceptors (Lipinski definition) is 3. The molecule has 6 nitrogen and oxygen atoms in total. The normalized spacial score (nSPS) is 32.1. The molecule has 21 heavy (non-hydrogen) atoms. The number of aromatic carboxylic acids is 1. The van der Waals surface area contributed by atoms with Crippen LogP contribution in [0.15, 0.2) is 6.20 Å². The summed E-state index contributed by atoms with van der Waals surface area (Å²) in [5, 5.41) is 12.1. The highest BCUT2D eigenvalue weighted by Gasteiger charge is 2.58. The summed E-state index contributed by atoms with van der Waals surface area (Å²) in [7, 11) is 0. The molecule has 4 rings (SSSR count). The molecule has 3 aliphatic rings. The molecule has 0 spiro atoms. The van der Waals surface area contributed by atoms with Gasteiger partial charge in [-0.25, -0.2) is 9.78 Å². The number of nitrogens with one attached hydrogen (secondary N) is 2. The number of amides is 1. The van der Waals surface area contributed by atoms with E-state index < -0.39 is 11.5 Å². The first-order valence-corrected chi connectivity index (χ1v) is 7.71. The fourth-order valence-electron chi connectivity index (χ4n) is 4.15. The predicted octanol–water partition coefficient (Wildman–Crippen LogP) is 1.65. The van der Waals surface area contributed by atoms with Gasteiger partial charge in [-0.15, -0.1) is 0 Å². The van der Waals surface area contributed by atoms with Crippen LogP contribution in [0.5, 0.6) is 0 Å². The second-order valence-electron chi connectivity index (χ2n) is 6.66. The number of carbonyl (C=O) groups is 2. The Hall–Kier alpha value is -1.85. The minimum absolute atomic E-state index is 0.0776. The Morgan fingerprint density at radius 2 is 2.00 bits per heavy atom. The fraction of sp³-hybridized carbons (Fsp3) is 0.667. The summed E-state index contributed by atoms with van der Waals surface area (Å²) in [5.74, 6) is 1.07. The predicted molar refractivity (Wildman–Crippen MR) is 73.5 cm³/mol. The van der Waals surface area contributed by atoms with E-state index in [9.17, 15) is 9.59 Å². The number of H-pyrrole nitrogens is 1. The topological polar surface area (TPSA) is 95.1 Å². The number of carboxylic acids is 1. The van der Waals surface area contributed by atoms with Crippen molar-refractivity contribution in [2.45, 2.75) is 44.1 Å². The smallest absolute Gasteiger partial charge is 0.353 e. The zero-order valence-electron chi connectivity index (χ0n) is 11.8. The molecule has 3 N–H and O–H groups in total. The molecule has 6 heteroatoms. The molecule has 0 aliphatic heterocycles. The van der Waals surface area contributed by atoms with Gasteiger partial charge in [0.1, 0.15) is 11.5 Å². The number of carbonyl (C=O) groups excluding carboxylic acids is 1. The summed E-state index contributed by atoms with van der Waals surface area (Å²) in [4.78, 5) is 30.5. The van der Waals surface area contributed by atoms with Crippen molar-refractivity contribution in [3.05, 3.63) is 17.7 Å². The van der Waals surface area contributed by atoms with Crippen LogP contribution in [-0.2, 0) is 10.3 Å². The number of aromatic nitrogens is 2. The molecule has 3 aliphatic carbocycles. The third-order valence-corrected chi connectivity index (χ3v) is 5.54. The second kappa shape index (κ2) is 4.32. The number of fused-ring (bicyclic) bond motifs is 1. The Morgan fingerprint density at radius 3 is 2.52 bits per heavy atom. The van der Waals surface area contributed by atoms with Crippen LogP contribution in [0.4, 0.5) is 0 Å². The van der Waals surface area contributed by atoms with Gasteiger partial charge in [-0.1, -0.05) is 6.42 Å². The van der Waals surface area contributed by atoms with Crippen LogP contribution in [0.2, 0.25) is 0 Å². The van der Waals surface area contributed by atoms with Crippen molar-refractivity contribution in [2.75, 3.05) is 0 Å². The molecule has 2 atom stereocenters. The minimum atomic E-state index is -1.02. The van der Waals surface area contributed by atoms with Crippen molar-refractivity contribution in [1.82, 2.24) is 15.3 Å². The zero-order valence-corrected chi connectivity index (χ0v) is 11.8. The average Bonchev–Trinajstić information content (AvgIpc) is 2.85. The van der Waals surface area contributed by atoms with Gasteiger partial charge in [0.25, 0.3) is 0 Å². The van der Waals surface area contributed by atoms with E-state index >= 15 is 0 Å². The monoisotopic (exact) mass is 289 g/mol. The Labute approximate surface area is 122 Å². The van der Waals surface area contributed by atoms with Gasteiger partial charge in [-0.2, -0.15) is 0 Å². The van der Waals surface area contributed by atoms with E-state index in [1.54, 1.807) is 0 Å². The standard InChI is InChI=1S/C15H19N3O3/c19-12(11-8-3-1-4-9(8)11)18-15(5-2-6-15)14-16-7-10(17-14)13(20)21/h7-9,11H,1-6H2,(H,16,17)(H,18,19)(H,20,21). The molecule has 0 aromatic carbocycles. The Kier molecular flexibility index (Phi) is 2.65. The van der Waals surface area contributed by atoms with Crippen LogP contribution in [0, 0.1) is 17.8 Å². The van der Waals surface area contributed by atoms with Gasteiger partial charge in [-0.3, -0.25) is 4.79 Å². The highest BCUT2D eigenvalue weighted by Crippen LogP contribution is 2.58. The largest absolute Gasteiger partial charge is 0.477 e. The summed E-state index contributed by atoms with van der Waals surface area (Å²) < 4.78 is 0. The lowest BCUT2D eigenvalue weighted by Crippen LogP contribution is -2.52. The lowest BCUT2D eigenvalue weighted by atomic mass is 9.76. The van der Waals surface area contributed by atoms with E-state index in [4.69, 9.17) is 5.11 Å². The van der Waals surface area contributed by atoms with E-state index in [1.807, 2.05) is 0 Å². The fourth-order valence-corrected chi connectivity index (χ4v) is 4.15. The van der Waals surface area contributed by atoms with Gasteiger partial charge < -0.3 is 15.4 Å². The zero-order chi connectivity index (χ0) is 14.6. The van der Waals surface area contributed by atoms with Crippen molar-refractivity contribution in [3.63, 3.8) is 0 Å². The Bertz CT molecular complexity index is 595. The van der Waals surface area contributed by atoms with Crippen LogP contribution in [0.1, 0.15) is 54.8 Å². The number of aromatic amines is 1. The number of carboxylic acid groups (broad SMARTS) is 1. The van der Waals surface area contributed by atoms with E-state index in [0.717, 1.165) is 19.3 Å². The van der Waals surface area contributed by atoms with Crippen molar-refractivity contribution in [2.24, 2.45) is 17.8 Å². The van der Waals surface area contributed by atoms with Crippen LogP contribution >= 0.6 is 0 Å². The number of imidazole rings is 1.